The molecule has 4 N–H and O–H groups in total. The lowest BCUT2D eigenvalue weighted by atomic mass is 9.99. The summed E-state index contributed by atoms with van der Waals surface area (Å²) in [6, 6.07) is 12.9. The van der Waals surface area contributed by atoms with Crippen molar-refractivity contribution in [2.45, 2.75) is 38.8 Å². The van der Waals surface area contributed by atoms with E-state index in [9.17, 15) is 9.59 Å². The van der Waals surface area contributed by atoms with Crippen LogP contribution in [0.5, 0.6) is 5.75 Å². The summed E-state index contributed by atoms with van der Waals surface area (Å²) in [5, 5.41) is 5.60. The summed E-state index contributed by atoms with van der Waals surface area (Å²) in [5.74, 6) is 0.329. The fourth-order valence-electron chi connectivity index (χ4n) is 2.95. The lowest BCUT2D eigenvalue weighted by molar-refractivity contribution is -0.122. The zero-order chi connectivity index (χ0) is 19.6. The molecule has 2 amide bonds. The second-order valence-electron chi connectivity index (χ2n) is 7.07. The fourth-order valence-corrected chi connectivity index (χ4v) is 2.95. The van der Waals surface area contributed by atoms with Crippen LogP contribution in [-0.2, 0) is 4.79 Å². The molecule has 0 bridgehead atoms. The first-order valence-corrected chi connectivity index (χ1v) is 9.11. The fraction of sp³-hybridized carbons (Fsp3) is 0.333. The molecule has 0 radical (unpaired) electrons. The molecular weight excluding hydrogens is 378 g/mol. The van der Waals surface area contributed by atoms with Gasteiger partial charge in [0.1, 0.15) is 0 Å². The van der Waals surface area contributed by atoms with Crippen LogP contribution in [0.15, 0.2) is 42.5 Å². The van der Waals surface area contributed by atoms with E-state index in [1.807, 2.05) is 12.1 Å². The highest BCUT2D eigenvalue weighted by Crippen LogP contribution is 2.33. The average molecular weight is 404 g/mol. The highest BCUT2D eigenvalue weighted by atomic mass is 35.5. The van der Waals surface area contributed by atoms with Crippen molar-refractivity contribution in [3.63, 3.8) is 0 Å². The average Bonchev–Trinajstić information content (AvgIpc) is 2.66. The van der Waals surface area contributed by atoms with Crippen LogP contribution in [-0.4, -0.2) is 24.5 Å². The van der Waals surface area contributed by atoms with E-state index < -0.39 is 6.10 Å². The number of hydrogen-bond acceptors (Lipinski definition) is 4. The van der Waals surface area contributed by atoms with Crippen LogP contribution in [0.3, 0.4) is 0 Å². The van der Waals surface area contributed by atoms with Gasteiger partial charge in [0.25, 0.3) is 11.8 Å². The Labute approximate surface area is 171 Å². The largest absolute Gasteiger partial charge is 0.478 e. The molecular formula is C21H26ClN3O3. The molecule has 0 saturated carbocycles. The molecule has 6 nitrogen and oxygen atoms in total. The maximum Gasteiger partial charge on any atom is 0.265 e. The van der Waals surface area contributed by atoms with Gasteiger partial charge in [-0.05, 0) is 36.1 Å². The maximum atomic E-state index is 12.6. The minimum atomic E-state index is -0.645. The van der Waals surface area contributed by atoms with Gasteiger partial charge in [-0.15, -0.1) is 12.4 Å². The van der Waals surface area contributed by atoms with E-state index in [0.29, 0.717) is 29.5 Å². The molecule has 1 aliphatic rings. The van der Waals surface area contributed by atoms with Gasteiger partial charge in [-0.1, -0.05) is 44.2 Å². The molecule has 3 rings (SSSR count). The summed E-state index contributed by atoms with van der Waals surface area (Å²) in [6.07, 6.45) is -0.645. The van der Waals surface area contributed by atoms with Crippen molar-refractivity contribution in [2.75, 3.05) is 11.9 Å². The third-order valence-corrected chi connectivity index (χ3v) is 4.70. The standard InChI is InChI=1S/C21H25N3O3.ClH/c1-12(2)14-7-9-15(10-8-14)17(22)11-23-21(26)16-5-4-6-18-19(16)27-13(3)20(25)24-18;/h4-10,12-13,17H,11,22H2,1-3H3,(H,23,26)(H,24,25);1H. The summed E-state index contributed by atoms with van der Waals surface area (Å²) in [5.41, 5.74) is 9.31. The molecule has 1 aliphatic heterocycles. The van der Waals surface area contributed by atoms with Crippen LogP contribution >= 0.6 is 12.4 Å². The normalized spacial score (nSPS) is 16.3. The molecule has 0 aliphatic carbocycles. The molecule has 2 aromatic rings. The van der Waals surface area contributed by atoms with Crippen LogP contribution in [0, 0.1) is 0 Å². The van der Waals surface area contributed by atoms with Crippen LogP contribution in [0.4, 0.5) is 5.69 Å². The first-order chi connectivity index (χ1) is 12.9. The van der Waals surface area contributed by atoms with Gasteiger partial charge in [-0.2, -0.15) is 0 Å². The quantitative estimate of drug-likeness (QED) is 0.713. The van der Waals surface area contributed by atoms with E-state index in [4.69, 9.17) is 10.5 Å². The van der Waals surface area contributed by atoms with E-state index in [-0.39, 0.29) is 30.3 Å². The van der Waals surface area contributed by atoms with Gasteiger partial charge in [0, 0.05) is 12.6 Å². The van der Waals surface area contributed by atoms with Crippen molar-refractivity contribution in [1.29, 1.82) is 0 Å². The van der Waals surface area contributed by atoms with Gasteiger partial charge in [0.15, 0.2) is 11.9 Å². The summed E-state index contributed by atoms with van der Waals surface area (Å²) < 4.78 is 5.62. The number of amides is 2. The van der Waals surface area contributed by atoms with E-state index in [1.165, 1.54) is 5.56 Å². The lowest BCUT2D eigenvalue weighted by Crippen LogP contribution is -2.36. The summed E-state index contributed by atoms with van der Waals surface area (Å²) in [6.45, 7) is 6.22. The van der Waals surface area contributed by atoms with E-state index in [1.54, 1.807) is 25.1 Å². The number of nitrogens with two attached hydrogens (primary N) is 1. The minimum Gasteiger partial charge on any atom is -0.478 e. The minimum absolute atomic E-state index is 0. The number of benzene rings is 2. The number of nitrogens with one attached hydrogen (secondary N) is 2. The van der Waals surface area contributed by atoms with Crippen molar-refractivity contribution < 1.29 is 14.3 Å². The first kappa shape index (κ1) is 21.7. The number of ether oxygens (including phenoxy) is 1. The third kappa shape index (κ3) is 4.64. The first-order valence-electron chi connectivity index (χ1n) is 9.11. The molecule has 7 heteroatoms. The van der Waals surface area contributed by atoms with Gasteiger partial charge in [0.05, 0.1) is 11.3 Å². The van der Waals surface area contributed by atoms with E-state index in [2.05, 4.69) is 36.6 Å². The number of para-hydroxylation sites is 1. The Hall–Kier alpha value is -2.57. The monoisotopic (exact) mass is 403 g/mol. The van der Waals surface area contributed by atoms with Gasteiger partial charge >= 0.3 is 0 Å². The SMILES string of the molecule is CC1Oc2c(cccc2C(=O)NCC(N)c2ccc(C(C)C)cc2)NC1=O.Cl. The Morgan fingerprint density at radius 3 is 2.46 bits per heavy atom. The number of fused-ring (bicyclic) bond motifs is 1. The number of carbonyl (C=O) groups is 2. The zero-order valence-corrected chi connectivity index (χ0v) is 17.0. The van der Waals surface area contributed by atoms with Crippen molar-refractivity contribution in [3.8, 4) is 5.75 Å². The van der Waals surface area contributed by atoms with Crippen LogP contribution in [0.25, 0.3) is 0 Å². The van der Waals surface area contributed by atoms with Crippen molar-refractivity contribution in [2.24, 2.45) is 5.73 Å². The predicted octanol–water partition coefficient (Wildman–Crippen LogP) is 3.38. The lowest BCUT2D eigenvalue weighted by Gasteiger charge is -2.25. The molecule has 0 fully saturated rings. The van der Waals surface area contributed by atoms with E-state index in [0.717, 1.165) is 5.56 Å². The van der Waals surface area contributed by atoms with Gasteiger partial charge < -0.3 is 21.1 Å². The zero-order valence-electron chi connectivity index (χ0n) is 16.2. The molecule has 0 spiro atoms. The second-order valence-corrected chi connectivity index (χ2v) is 7.07. The predicted molar refractivity (Wildman–Crippen MR) is 112 cm³/mol. The third-order valence-electron chi connectivity index (χ3n) is 4.70. The van der Waals surface area contributed by atoms with Crippen molar-refractivity contribution in [3.05, 3.63) is 59.2 Å². The molecule has 28 heavy (non-hydrogen) atoms. The van der Waals surface area contributed by atoms with Crippen molar-refractivity contribution in [1.82, 2.24) is 5.32 Å². The van der Waals surface area contributed by atoms with Crippen LogP contribution in [0.1, 0.15) is 54.2 Å². The highest BCUT2D eigenvalue weighted by Gasteiger charge is 2.27. The summed E-state index contributed by atoms with van der Waals surface area (Å²) in [4.78, 5) is 24.3. The number of anilines is 1. The number of hydrogen-bond donors (Lipinski definition) is 3. The second kappa shape index (κ2) is 9.08. The molecule has 0 aromatic heterocycles. The highest BCUT2D eigenvalue weighted by molar-refractivity contribution is 6.04. The van der Waals surface area contributed by atoms with Crippen LogP contribution in [0.2, 0.25) is 0 Å². The molecule has 2 atom stereocenters. The molecule has 150 valence electrons. The summed E-state index contributed by atoms with van der Waals surface area (Å²) in [7, 11) is 0. The Balaban J connectivity index is 0.00000280. The van der Waals surface area contributed by atoms with E-state index >= 15 is 0 Å². The van der Waals surface area contributed by atoms with Crippen LogP contribution < -0.4 is 21.1 Å². The molecule has 1 heterocycles. The Kier molecular flexibility index (Phi) is 7.05. The topological polar surface area (TPSA) is 93.4 Å². The van der Waals surface area contributed by atoms with Crippen molar-refractivity contribution >= 4 is 29.9 Å². The maximum absolute atomic E-state index is 12.6. The molecule has 0 saturated heterocycles. The number of carbonyl (C=O) groups excluding carboxylic acids is 2. The Bertz CT molecular complexity index is 852. The molecule has 2 aromatic carbocycles. The van der Waals surface area contributed by atoms with Gasteiger partial charge in [-0.3, -0.25) is 9.59 Å². The Morgan fingerprint density at radius 2 is 1.82 bits per heavy atom. The smallest absolute Gasteiger partial charge is 0.265 e. The number of halogens is 1. The molecule has 2 unspecified atom stereocenters. The van der Waals surface area contributed by atoms with Gasteiger partial charge in [-0.25, -0.2) is 0 Å². The van der Waals surface area contributed by atoms with Gasteiger partial charge in [0.2, 0.25) is 0 Å². The summed E-state index contributed by atoms with van der Waals surface area (Å²) >= 11 is 0. The number of rotatable bonds is 5. The Morgan fingerprint density at radius 1 is 1.18 bits per heavy atom.